The van der Waals surface area contributed by atoms with Crippen LogP contribution in [0.25, 0.3) is 0 Å². The molecule has 4 heteroatoms. The molecule has 4 nitrogen and oxygen atoms in total. The smallest absolute Gasteiger partial charge is 0.0945 e. The summed E-state index contributed by atoms with van der Waals surface area (Å²) < 4.78 is 2.13. The standard InChI is InChI=1S/C15H28N4/c1-13(2)8-16-9-14-6-4-5-7-19(14)11-15-10-17-12-18(15)3/h10,12-14,16H,4-9,11H2,1-3H3. The van der Waals surface area contributed by atoms with Crippen molar-refractivity contribution in [1.29, 1.82) is 0 Å². The highest BCUT2D eigenvalue weighted by molar-refractivity contribution is 4.98. The summed E-state index contributed by atoms with van der Waals surface area (Å²) in [4.78, 5) is 6.84. The van der Waals surface area contributed by atoms with Crippen LogP contribution in [0.4, 0.5) is 0 Å². The fourth-order valence-electron chi connectivity index (χ4n) is 2.78. The lowest BCUT2D eigenvalue weighted by Gasteiger charge is -2.36. The fraction of sp³-hybridized carbons (Fsp3) is 0.800. The molecule has 1 N–H and O–H groups in total. The zero-order valence-corrected chi connectivity index (χ0v) is 12.6. The third-order valence-electron chi connectivity index (χ3n) is 3.96. The highest BCUT2D eigenvalue weighted by Gasteiger charge is 2.22. The van der Waals surface area contributed by atoms with Gasteiger partial charge in [0.15, 0.2) is 0 Å². The van der Waals surface area contributed by atoms with Gasteiger partial charge < -0.3 is 9.88 Å². The molecule has 2 rings (SSSR count). The summed E-state index contributed by atoms with van der Waals surface area (Å²) in [6.07, 6.45) is 7.91. The van der Waals surface area contributed by atoms with Crippen molar-refractivity contribution in [3.8, 4) is 0 Å². The zero-order chi connectivity index (χ0) is 13.7. The van der Waals surface area contributed by atoms with Crippen LogP contribution in [0.1, 0.15) is 38.8 Å². The molecule has 108 valence electrons. The maximum absolute atomic E-state index is 4.22. The normalized spacial score (nSPS) is 21.2. The summed E-state index contributed by atoms with van der Waals surface area (Å²) in [5.41, 5.74) is 1.32. The number of aromatic nitrogens is 2. The van der Waals surface area contributed by atoms with Crippen molar-refractivity contribution in [1.82, 2.24) is 19.8 Å². The Morgan fingerprint density at radius 3 is 2.95 bits per heavy atom. The minimum atomic E-state index is 0.683. The molecule has 1 unspecified atom stereocenters. The van der Waals surface area contributed by atoms with E-state index in [2.05, 4.69) is 40.7 Å². The first-order valence-electron chi connectivity index (χ1n) is 7.56. The third-order valence-corrected chi connectivity index (χ3v) is 3.96. The molecule has 1 atom stereocenters. The second kappa shape index (κ2) is 7.06. The zero-order valence-electron chi connectivity index (χ0n) is 12.6. The largest absolute Gasteiger partial charge is 0.337 e. The third kappa shape index (κ3) is 4.32. The molecule has 0 aromatic carbocycles. The highest BCUT2D eigenvalue weighted by atomic mass is 15.2. The van der Waals surface area contributed by atoms with Crippen LogP contribution in [0.2, 0.25) is 0 Å². The predicted molar refractivity (Wildman–Crippen MR) is 79.0 cm³/mol. The van der Waals surface area contributed by atoms with E-state index in [1.807, 2.05) is 12.5 Å². The predicted octanol–water partition coefficient (Wildman–Crippen LogP) is 2.02. The lowest BCUT2D eigenvalue weighted by molar-refractivity contribution is 0.134. The molecule has 1 fully saturated rings. The molecule has 0 spiro atoms. The Bertz CT molecular complexity index is 372. The second-order valence-corrected chi connectivity index (χ2v) is 6.17. The number of piperidine rings is 1. The first-order chi connectivity index (χ1) is 9.16. The molecule has 1 aliphatic rings. The summed E-state index contributed by atoms with van der Waals surface area (Å²) in [7, 11) is 2.08. The van der Waals surface area contributed by atoms with E-state index in [-0.39, 0.29) is 0 Å². The molecule has 1 aromatic heterocycles. The van der Waals surface area contributed by atoms with E-state index in [1.54, 1.807) is 0 Å². The number of hydrogen-bond acceptors (Lipinski definition) is 3. The number of likely N-dealkylation sites (tertiary alicyclic amines) is 1. The van der Waals surface area contributed by atoms with Crippen LogP contribution >= 0.6 is 0 Å². The molecule has 0 aliphatic carbocycles. The van der Waals surface area contributed by atoms with E-state index < -0.39 is 0 Å². The molecular formula is C15H28N4. The van der Waals surface area contributed by atoms with Crippen molar-refractivity contribution < 1.29 is 0 Å². The van der Waals surface area contributed by atoms with E-state index in [1.165, 1.54) is 31.5 Å². The summed E-state index contributed by atoms with van der Waals surface area (Å²) in [5.74, 6) is 0.731. The molecule has 0 radical (unpaired) electrons. The van der Waals surface area contributed by atoms with Crippen LogP contribution in [0.15, 0.2) is 12.5 Å². The number of nitrogens with zero attached hydrogens (tertiary/aromatic N) is 3. The SMILES string of the molecule is CC(C)CNCC1CCCCN1Cc1cncn1C. The first-order valence-corrected chi connectivity index (χ1v) is 7.56. The Morgan fingerprint density at radius 1 is 1.42 bits per heavy atom. The van der Waals surface area contributed by atoms with Gasteiger partial charge in [0.2, 0.25) is 0 Å². The van der Waals surface area contributed by atoms with Gasteiger partial charge in [-0.2, -0.15) is 0 Å². The van der Waals surface area contributed by atoms with Gasteiger partial charge >= 0.3 is 0 Å². The number of imidazole rings is 1. The van der Waals surface area contributed by atoms with Crippen molar-refractivity contribution in [3.63, 3.8) is 0 Å². The van der Waals surface area contributed by atoms with Gasteiger partial charge in [-0.1, -0.05) is 20.3 Å². The average Bonchev–Trinajstić information content (AvgIpc) is 2.77. The number of rotatable bonds is 6. The highest BCUT2D eigenvalue weighted by Crippen LogP contribution is 2.19. The average molecular weight is 264 g/mol. The first kappa shape index (κ1) is 14.5. The van der Waals surface area contributed by atoms with E-state index in [0.717, 1.165) is 25.6 Å². The van der Waals surface area contributed by atoms with Crippen LogP contribution in [0.5, 0.6) is 0 Å². The van der Waals surface area contributed by atoms with Crippen molar-refractivity contribution in [3.05, 3.63) is 18.2 Å². The number of aryl methyl sites for hydroxylation is 1. The molecule has 1 aromatic rings. The molecular weight excluding hydrogens is 236 g/mol. The van der Waals surface area contributed by atoms with Gasteiger partial charge in [0.25, 0.3) is 0 Å². The summed E-state index contributed by atoms with van der Waals surface area (Å²) in [5, 5.41) is 3.61. The van der Waals surface area contributed by atoms with Crippen molar-refractivity contribution in [2.75, 3.05) is 19.6 Å². The van der Waals surface area contributed by atoms with Crippen LogP contribution in [0.3, 0.4) is 0 Å². The van der Waals surface area contributed by atoms with E-state index in [4.69, 9.17) is 0 Å². The van der Waals surface area contributed by atoms with E-state index >= 15 is 0 Å². The Kier molecular flexibility index (Phi) is 5.40. The van der Waals surface area contributed by atoms with Crippen molar-refractivity contribution in [2.24, 2.45) is 13.0 Å². The second-order valence-electron chi connectivity index (χ2n) is 6.17. The van der Waals surface area contributed by atoms with Crippen molar-refractivity contribution in [2.45, 2.75) is 45.7 Å². The topological polar surface area (TPSA) is 33.1 Å². The minimum Gasteiger partial charge on any atom is -0.337 e. The molecule has 1 aliphatic heterocycles. The van der Waals surface area contributed by atoms with Gasteiger partial charge in [-0.25, -0.2) is 4.98 Å². The summed E-state index contributed by atoms with van der Waals surface area (Å²) in [6, 6.07) is 0.683. The molecule has 0 amide bonds. The lowest BCUT2D eigenvalue weighted by atomic mass is 10.0. The van der Waals surface area contributed by atoms with Gasteiger partial charge in [-0.3, -0.25) is 4.90 Å². The van der Waals surface area contributed by atoms with Crippen molar-refractivity contribution >= 4 is 0 Å². The summed E-state index contributed by atoms with van der Waals surface area (Å²) >= 11 is 0. The van der Waals surface area contributed by atoms with Crippen LogP contribution < -0.4 is 5.32 Å². The summed E-state index contributed by atoms with van der Waals surface area (Å²) in [6.45, 7) is 9.03. The Labute approximate surface area is 117 Å². The molecule has 19 heavy (non-hydrogen) atoms. The van der Waals surface area contributed by atoms with Crippen LogP contribution in [-0.4, -0.2) is 40.1 Å². The number of nitrogens with one attached hydrogen (secondary N) is 1. The molecule has 1 saturated heterocycles. The monoisotopic (exact) mass is 264 g/mol. The molecule has 0 saturated carbocycles. The lowest BCUT2D eigenvalue weighted by Crippen LogP contribution is -2.45. The maximum atomic E-state index is 4.22. The number of hydrogen-bond donors (Lipinski definition) is 1. The quantitative estimate of drug-likeness (QED) is 0.853. The Hall–Kier alpha value is -0.870. The molecule has 0 bridgehead atoms. The van der Waals surface area contributed by atoms with Gasteiger partial charge in [0, 0.05) is 32.4 Å². The van der Waals surface area contributed by atoms with Gasteiger partial charge in [-0.05, 0) is 31.8 Å². The van der Waals surface area contributed by atoms with Gasteiger partial charge in [0.1, 0.15) is 0 Å². The van der Waals surface area contributed by atoms with Gasteiger partial charge in [0.05, 0.1) is 12.0 Å². The Balaban J connectivity index is 1.87. The van der Waals surface area contributed by atoms with Gasteiger partial charge in [-0.15, -0.1) is 0 Å². The Morgan fingerprint density at radius 2 is 2.26 bits per heavy atom. The maximum Gasteiger partial charge on any atom is 0.0945 e. The minimum absolute atomic E-state index is 0.683. The van der Waals surface area contributed by atoms with E-state index in [0.29, 0.717) is 6.04 Å². The fourth-order valence-corrected chi connectivity index (χ4v) is 2.78. The van der Waals surface area contributed by atoms with Crippen LogP contribution in [-0.2, 0) is 13.6 Å². The van der Waals surface area contributed by atoms with E-state index in [9.17, 15) is 0 Å². The molecule has 2 heterocycles. The van der Waals surface area contributed by atoms with Crippen LogP contribution in [0, 0.1) is 5.92 Å².